The fourth-order valence-electron chi connectivity index (χ4n) is 2.38. The number of sulfonamides is 1. The lowest BCUT2D eigenvalue weighted by molar-refractivity contribution is -0.123. The van der Waals surface area contributed by atoms with Crippen LogP contribution in [0.5, 0.6) is 5.75 Å². The van der Waals surface area contributed by atoms with E-state index in [4.69, 9.17) is 14.6 Å². The number of carbonyl (C=O) groups excluding carboxylic acids is 3. The van der Waals surface area contributed by atoms with Gasteiger partial charge in [0.05, 0.1) is 12.7 Å². The van der Waals surface area contributed by atoms with Crippen LogP contribution in [0.2, 0.25) is 0 Å². The first-order valence-electron chi connectivity index (χ1n) is 8.57. The Morgan fingerprint density at radius 3 is 2.33 bits per heavy atom. The molecule has 2 aromatic carbocycles. The molecule has 4 N–H and O–H groups in total. The molecule has 0 atom stereocenters. The van der Waals surface area contributed by atoms with Crippen LogP contribution in [0, 0.1) is 13.8 Å². The van der Waals surface area contributed by atoms with Crippen LogP contribution in [0.3, 0.4) is 0 Å². The van der Waals surface area contributed by atoms with Gasteiger partial charge in [-0.2, -0.15) is 0 Å². The van der Waals surface area contributed by atoms with E-state index in [1.807, 2.05) is 25.2 Å². The number of benzene rings is 2. The molecule has 0 aliphatic carbocycles. The second-order valence-corrected chi connectivity index (χ2v) is 7.82. The maximum Gasteiger partial charge on any atom is 0.338 e. The molecule has 0 aromatic heterocycles. The molecule has 30 heavy (non-hydrogen) atoms. The minimum atomic E-state index is -4.15. The van der Waals surface area contributed by atoms with Gasteiger partial charge < -0.3 is 14.8 Å². The van der Waals surface area contributed by atoms with Crippen LogP contribution in [0.1, 0.15) is 21.5 Å². The third-order valence-corrected chi connectivity index (χ3v) is 4.99. The first-order chi connectivity index (χ1) is 14.0. The molecule has 2 aromatic rings. The number of ether oxygens (including phenoxy) is 2. The molecule has 0 aliphatic heterocycles. The van der Waals surface area contributed by atoms with Crippen molar-refractivity contribution in [2.24, 2.45) is 5.14 Å². The third-order valence-electron chi connectivity index (χ3n) is 4.06. The lowest BCUT2D eigenvalue weighted by Gasteiger charge is -2.10. The van der Waals surface area contributed by atoms with E-state index in [9.17, 15) is 22.8 Å². The summed E-state index contributed by atoms with van der Waals surface area (Å²) >= 11 is 0. The maximum atomic E-state index is 12.1. The van der Waals surface area contributed by atoms with E-state index < -0.39 is 39.4 Å². The number of nitrogens with two attached hydrogens (primary N) is 1. The minimum Gasteiger partial charge on any atom is -0.495 e. The number of anilines is 1. The average Bonchev–Trinajstić information content (AvgIpc) is 2.67. The van der Waals surface area contributed by atoms with Gasteiger partial charge >= 0.3 is 12.0 Å². The Balaban J connectivity index is 1.95. The zero-order chi connectivity index (χ0) is 22.5. The predicted molar refractivity (Wildman–Crippen MR) is 108 cm³/mol. The number of hydrogen-bond donors (Lipinski definition) is 3. The minimum absolute atomic E-state index is 0.0465. The summed E-state index contributed by atoms with van der Waals surface area (Å²) in [6.07, 6.45) is 0. The molecule has 0 heterocycles. The lowest BCUT2D eigenvalue weighted by atomic mass is 10.1. The molecule has 0 radical (unpaired) electrons. The number of aryl methyl sites for hydroxylation is 2. The molecule has 0 aliphatic rings. The zero-order valence-electron chi connectivity index (χ0n) is 16.5. The second-order valence-electron chi connectivity index (χ2n) is 6.29. The Kier molecular flexibility index (Phi) is 7.14. The fraction of sp³-hybridized carbons (Fsp3) is 0.211. The molecule has 2 rings (SSSR count). The molecular weight excluding hydrogens is 414 g/mol. The van der Waals surface area contributed by atoms with Crippen LogP contribution in [-0.2, 0) is 19.6 Å². The van der Waals surface area contributed by atoms with Crippen molar-refractivity contribution in [2.75, 3.05) is 19.0 Å². The first kappa shape index (κ1) is 22.8. The number of esters is 1. The summed E-state index contributed by atoms with van der Waals surface area (Å²) in [6.45, 7) is 3.05. The van der Waals surface area contributed by atoms with E-state index >= 15 is 0 Å². The van der Waals surface area contributed by atoms with Crippen molar-refractivity contribution in [3.8, 4) is 5.75 Å². The Labute approximate surface area is 173 Å². The summed E-state index contributed by atoms with van der Waals surface area (Å²) in [5.41, 5.74) is 2.35. The van der Waals surface area contributed by atoms with Crippen molar-refractivity contribution in [3.63, 3.8) is 0 Å². The highest BCUT2D eigenvalue weighted by atomic mass is 32.2. The van der Waals surface area contributed by atoms with E-state index in [-0.39, 0.29) is 11.3 Å². The number of imide groups is 1. The molecule has 3 amide bonds. The summed E-state index contributed by atoms with van der Waals surface area (Å²) in [5, 5.41) is 9.60. The van der Waals surface area contributed by atoms with Gasteiger partial charge in [0, 0.05) is 5.69 Å². The molecular formula is C19H21N3O7S. The number of urea groups is 1. The molecule has 0 spiro atoms. The molecule has 0 saturated carbocycles. The van der Waals surface area contributed by atoms with Crippen LogP contribution < -0.4 is 20.5 Å². The Hall–Kier alpha value is -3.44. The Morgan fingerprint density at radius 2 is 1.73 bits per heavy atom. The average molecular weight is 435 g/mol. The van der Waals surface area contributed by atoms with E-state index in [0.717, 1.165) is 17.2 Å². The second kappa shape index (κ2) is 9.37. The van der Waals surface area contributed by atoms with Crippen molar-refractivity contribution in [3.05, 3.63) is 53.1 Å². The first-order valence-corrected chi connectivity index (χ1v) is 10.1. The van der Waals surface area contributed by atoms with Crippen LogP contribution in [0.4, 0.5) is 10.5 Å². The molecule has 0 bridgehead atoms. The Morgan fingerprint density at radius 1 is 1.03 bits per heavy atom. The van der Waals surface area contributed by atoms with Crippen molar-refractivity contribution in [2.45, 2.75) is 18.7 Å². The van der Waals surface area contributed by atoms with Gasteiger partial charge in [-0.05, 0) is 55.3 Å². The fourth-order valence-corrected chi connectivity index (χ4v) is 3.11. The summed E-state index contributed by atoms with van der Waals surface area (Å²) in [4.78, 5) is 35.4. The molecule has 10 nitrogen and oxygen atoms in total. The SMILES string of the molecule is COc1ccc(C(=O)OCC(=O)NC(=O)Nc2ccc(C)c(C)c2)cc1S(N)(=O)=O. The normalized spacial score (nSPS) is 10.8. The monoisotopic (exact) mass is 435 g/mol. The van der Waals surface area contributed by atoms with Gasteiger partial charge in [0.15, 0.2) is 6.61 Å². The van der Waals surface area contributed by atoms with Gasteiger partial charge in [0.25, 0.3) is 5.91 Å². The highest BCUT2D eigenvalue weighted by molar-refractivity contribution is 7.89. The zero-order valence-corrected chi connectivity index (χ0v) is 17.3. The molecule has 0 saturated heterocycles. The predicted octanol–water partition coefficient (Wildman–Crippen LogP) is 1.46. The van der Waals surface area contributed by atoms with E-state index in [2.05, 4.69) is 5.32 Å². The highest BCUT2D eigenvalue weighted by Crippen LogP contribution is 2.24. The Bertz CT molecular complexity index is 1100. The molecule has 11 heteroatoms. The van der Waals surface area contributed by atoms with Gasteiger partial charge in [0.2, 0.25) is 10.0 Å². The number of nitrogens with one attached hydrogen (secondary N) is 2. The van der Waals surface area contributed by atoms with Crippen LogP contribution in [0.25, 0.3) is 0 Å². The summed E-state index contributed by atoms with van der Waals surface area (Å²) in [6, 6.07) is 7.90. The largest absolute Gasteiger partial charge is 0.495 e. The van der Waals surface area contributed by atoms with Gasteiger partial charge in [-0.3, -0.25) is 10.1 Å². The molecule has 160 valence electrons. The summed E-state index contributed by atoms with van der Waals surface area (Å²) in [7, 11) is -2.90. The quantitative estimate of drug-likeness (QED) is 0.580. The van der Waals surface area contributed by atoms with Crippen molar-refractivity contribution >= 4 is 33.6 Å². The summed E-state index contributed by atoms with van der Waals surface area (Å²) in [5.74, 6) is -1.90. The smallest absolute Gasteiger partial charge is 0.338 e. The van der Waals surface area contributed by atoms with Crippen LogP contribution >= 0.6 is 0 Å². The summed E-state index contributed by atoms with van der Waals surface area (Å²) < 4.78 is 32.9. The third kappa shape index (κ3) is 6.03. The van der Waals surface area contributed by atoms with E-state index in [1.54, 1.807) is 12.1 Å². The van der Waals surface area contributed by atoms with Crippen molar-refractivity contribution in [1.29, 1.82) is 0 Å². The standard InChI is InChI=1S/C19H21N3O7S/c1-11-4-6-14(8-12(11)2)21-19(25)22-17(23)10-29-18(24)13-5-7-15(28-3)16(9-13)30(20,26)27/h4-9H,10H2,1-3H3,(H2,20,26,27)(H2,21,22,23,25). The lowest BCUT2D eigenvalue weighted by Crippen LogP contribution is -2.37. The van der Waals surface area contributed by atoms with E-state index in [1.165, 1.54) is 19.2 Å². The number of amides is 3. The number of rotatable bonds is 6. The number of methoxy groups -OCH3 is 1. The van der Waals surface area contributed by atoms with Crippen molar-refractivity contribution < 1.29 is 32.3 Å². The molecule has 0 fully saturated rings. The highest BCUT2D eigenvalue weighted by Gasteiger charge is 2.19. The van der Waals surface area contributed by atoms with E-state index in [0.29, 0.717) is 5.69 Å². The number of hydrogen-bond acceptors (Lipinski definition) is 7. The number of carbonyl (C=O) groups is 3. The number of primary sulfonamides is 1. The van der Waals surface area contributed by atoms with Gasteiger partial charge in [-0.15, -0.1) is 0 Å². The molecule has 0 unspecified atom stereocenters. The van der Waals surface area contributed by atoms with Gasteiger partial charge in [-0.1, -0.05) is 6.07 Å². The van der Waals surface area contributed by atoms with Crippen LogP contribution in [-0.4, -0.2) is 40.0 Å². The maximum absolute atomic E-state index is 12.1. The van der Waals surface area contributed by atoms with Gasteiger partial charge in [-0.25, -0.2) is 23.1 Å². The van der Waals surface area contributed by atoms with Crippen molar-refractivity contribution in [1.82, 2.24) is 5.32 Å². The topological polar surface area (TPSA) is 154 Å². The van der Waals surface area contributed by atoms with Gasteiger partial charge in [0.1, 0.15) is 10.6 Å². The van der Waals surface area contributed by atoms with Crippen LogP contribution in [0.15, 0.2) is 41.3 Å².